The van der Waals surface area contributed by atoms with Crippen molar-refractivity contribution in [2.75, 3.05) is 13.1 Å². The third-order valence-electron chi connectivity index (χ3n) is 4.48. The van der Waals surface area contributed by atoms with Crippen LogP contribution in [0, 0.1) is 0 Å². The van der Waals surface area contributed by atoms with Gasteiger partial charge in [0.15, 0.2) is 5.11 Å². The molecule has 1 atom stereocenters. The fourth-order valence-electron chi connectivity index (χ4n) is 3.12. The lowest BCUT2D eigenvalue weighted by Crippen LogP contribution is -2.44. The van der Waals surface area contributed by atoms with Crippen molar-refractivity contribution in [2.45, 2.75) is 52.6 Å². The van der Waals surface area contributed by atoms with Gasteiger partial charge in [-0.3, -0.25) is 14.9 Å². The van der Waals surface area contributed by atoms with Gasteiger partial charge in [-0.25, -0.2) is 0 Å². The summed E-state index contributed by atoms with van der Waals surface area (Å²) in [6.07, 6.45) is 3.41. The smallest absolute Gasteiger partial charge is 0.303 e. The summed E-state index contributed by atoms with van der Waals surface area (Å²) in [6, 6.07) is 5.90. The Labute approximate surface area is 154 Å². The van der Waals surface area contributed by atoms with Gasteiger partial charge in [-0.1, -0.05) is 18.2 Å². The monoisotopic (exact) mass is 362 g/mol. The maximum Gasteiger partial charge on any atom is 0.303 e. The van der Waals surface area contributed by atoms with Gasteiger partial charge in [-0.05, 0) is 62.9 Å². The number of nitrogens with zero attached hydrogens (tertiary/aromatic N) is 1. The fourth-order valence-corrected chi connectivity index (χ4v) is 3.47. The Bertz CT molecular complexity index is 656. The molecule has 0 unspecified atom stereocenters. The maximum absolute atomic E-state index is 12.7. The van der Waals surface area contributed by atoms with Crippen LogP contribution >= 0.6 is 12.2 Å². The second kappa shape index (κ2) is 8.94. The van der Waals surface area contributed by atoms with Crippen molar-refractivity contribution in [3.8, 4) is 0 Å². The number of amides is 1. The van der Waals surface area contributed by atoms with Gasteiger partial charge in [0.25, 0.3) is 5.91 Å². The Balaban J connectivity index is 2.22. The summed E-state index contributed by atoms with van der Waals surface area (Å²) >= 11 is 5.28. The number of thiocarbonyl (C=S) groups is 1. The van der Waals surface area contributed by atoms with Crippen LogP contribution in [-0.4, -0.2) is 35.0 Å². The highest BCUT2D eigenvalue weighted by molar-refractivity contribution is 7.80. The molecule has 25 heavy (non-hydrogen) atoms. The number of benzene rings is 1. The average Bonchev–Trinajstić information content (AvgIpc) is 2.60. The molecular weight excluding hydrogens is 336 g/mol. The predicted molar refractivity (Wildman–Crippen MR) is 101 cm³/mol. The van der Waals surface area contributed by atoms with Crippen LogP contribution in [0.1, 0.15) is 56.4 Å². The number of fused-ring (bicyclic) bond motifs is 1. The molecule has 0 spiro atoms. The molecule has 2 rings (SSSR count). The average molecular weight is 362 g/mol. The van der Waals surface area contributed by atoms with Crippen LogP contribution < -0.4 is 5.32 Å². The van der Waals surface area contributed by atoms with E-state index in [0.717, 1.165) is 19.3 Å². The van der Waals surface area contributed by atoms with Crippen molar-refractivity contribution in [1.82, 2.24) is 10.2 Å². The van der Waals surface area contributed by atoms with Gasteiger partial charge < -0.3 is 9.64 Å². The number of carbonyl (C=O) groups is 2. The van der Waals surface area contributed by atoms with Crippen LogP contribution in [0.5, 0.6) is 0 Å². The predicted octanol–water partition coefficient (Wildman–Crippen LogP) is 2.91. The van der Waals surface area contributed by atoms with Gasteiger partial charge in [0.2, 0.25) is 6.10 Å². The summed E-state index contributed by atoms with van der Waals surface area (Å²) in [5.41, 5.74) is 3.24. The number of carbonyl (C=O) groups excluding carboxylic acids is 2. The summed E-state index contributed by atoms with van der Waals surface area (Å²) in [5.74, 6) is -0.908. The first-order valence-electron chi connectivity index (χ1n) is 8.84. The number of nitrogens with one attached hydrogen (secondary N) is 1. The molecule has 0 aliphatic heterocycles. The zero-order valence-corrected chi connectivity index (χ0v) is 15.9. The normalized spacial score (nSPS) is 14.2. The van der Waals surface area contributed by atoms with E-state index in [9.17, 15) is 9.59 Å². The summed E-state index contributed by atoms with van der Waals surface area (Å²) in [4.78, 5) is 26.1. The molecule has 6 heteroatoms. The number of esters is 1. The molecular formula is C19H26N2O3S. The minimum Gasteiger partial charge on any atom is -0.447 e. The summed E-state index contributed by atoms with van der Waals surface area (Å²) in [6.45, 7) is 6.64. The van der Waals surface area contributed by atoms with E-state index in [-0.39, 0.29) is 0 Å². The molecule has 1 aromatic carbocycles. The van der Waals surface area contributed by atoms with Crippen molar-refractivity contribution >= 4 is 29.2 Å². The Morgan fingerprint density at radius 2 is 1.84 bits per heavy atom. The second-order valence-corrected chi connectivity index (χ2v) is 6.58. The van der Waals surface area contributed by atoms with Crippen molar-refractivity contribution in [3.05, 3.63) is 34.9 Å². The van der Waals surface area contributed by atoms with Crippen LogP contribution in [-0.2, 0) is 27.2 Å². The molecule has 1 aliphatic carbocycles. The van der Waals surface area contributed by atoms with E-state index in [1.807, 2.05) is 36.9 Å². The van der Waals surface area contributed by atoms with E-state index in [2.05, 4.69) is 5.32 Å². The van der Waals surface area contributed by atoms with E-state index in [0.29, 0.717) is 23.8 Å². The Hall–Kier alpha value is -1.95. The van der Waals surface area contributed by atoms with Crippen molar-refractivity contribution in [1.29, 1.82) is 0 Å². The van der Waals surface area contributed by atoms with Crippen LogP contribution in [0.4, 0.5) is 0 Å². The van der Waals surface area contributed by atoms with Gasteiger partial charge in [0, 0.05) is 25.6 Å². The molecule has 1 amide bonds. The molecule has 0 bridgehead atoms. The second-order valence-electron chi connectivity index (χ2n) is 6.19. The number of aryl methyl sites for hydroxylation is 2. The maximum atomic E-state index is 12.7. The lowest BCUT2D eigenvalue weighted by atomic mass is 9.89. The van der Waals surface area contributed by atoms with Gasteiger partial charge in [-0.15, -0.1) is 0 Å². The summed E-state index contributed by atoms with van der Waals surface area (Å²) in [5, 5.41) is 3.06. The number of hydrogen-bond donors (Lipinski definition) is 1. The van der Waals surface area contributed by atoms with E-state index >= 15 is 0 Å². The molecule has 0 aromatic heterocycles. The molecule has 0 radical (unpaired) electrons. The molecule has 5 nitrogen and oxygen atoms in total. The SMILES string of the molecule is CCN(CC)C(=S)NC(=O)[C@H](OC(C)=O)c1ccc2c(c1)CCCC2. The Morgan fingerprint density at radius 3 is 2.44 bits per heavy atom. The van der Waals surface area contributed by atoms with E-state index in [1.165, 1.54) is 24.5 Å². The fraction of sp³-hybridized carbons (Fsp3) is 0.526. The number of hydrogen-bond acceptors (Lipinski definition) is 4. The highest BCUT2D eigenvalue weighted by atomic mass is 32.1. The molecule has 1 aliphatic rings. The van der Waals surface area contributed by atoms with Crippen LogP contribution in [0.3, 0.4) is 0 Å². The number of rotatable bonds is 5. The lowest BCUT2D eigenvalue weighted by Gasteiger charge is -2.25. The molecule has 0 saturated carbocycles. The van der Waals surface area contributed by atoms with E-state index in [1.54, 1.807) is 0 Å². The molecule has 1 aromatic rings. The van der Waals surface area contributed by atoms with Crippen LogP contribution in [0.25, 0.3) is 0 Å². The van der Waals surface area contributed by atoms with Crippen molar-refractivity contribution < 1.29 is 14.3 Å². The summed E-state index contributed by atoms with van der Waals surface area (Å²) < 4.78 is 5.31. The first kappa shape index (κ1) is 19.4. The quantitative estimate of drug-likeness (QED) is 0.645. The Kier molecular flexibility index (Phi) is 6.93. The zero-order chi connectivity index (χ0) is 18.4. The topological polar surface area (TPSA) is 58.6 Å². The van der Waals surface area contributed by atoms with Crippen molar-refractivity contribution in [2.24, 2.45) is 0 Å². The van der Waals surface area contributed by atoms with Gasteiger partial charge in [-0.2, -0.15) is 0 Å². The lowest BCUT2D eigenvalue weighted by molar-refractivity contribution is -0.153. The largest absolute Gasteiger partial charge is 0.447 e. The molecule has 0 saturated heterocycles. The van der Waals surface area contributed by atoms with E-state index < -0.39 is 18.0 Å². The van der Waals surface area contributed by atoms with Gasteiger partial charge in [0.05, 0.1) is 0 Å². The minimum atomic E-state index is -0.988. The van der Waals surface area contributed by atoms with Crippen LogP contribution in [0.2, 0.25) is 0 Å². The van der Waals surface area contributed by atoms with Gasteiger partial charge >= 0.3 is 5.97 Å². The highest BCUT2D eigenvalue weighted by Gasteiger charge is 2.26. The van der Waals surface area contributed by atoms with Crippen molar-refractivity contribution in [3.63, 3.8) is 0 Å². The van der Waals surface area contributed by atoms with Crippen LogP contribution in [0.15, 0.2) is 18.2 Å². The third kappa shape index (κ3) is 5.01. The molecule has 136 valence electrons. The highest BCUT2D eigenvalue weighted by Crippen LogP contribution is 2.26. The number of ether oxygens (including phenoxy) is 1. The van der Waals surface area contributed by atoms with Gasteiger partial charge in [0.1, 0.15) is 0 Å². The summed E-state index contributed by atoms with van der Waals surface area (Å²) in [7, 11) is 0. The molecule has 1 N–H and O–H groups in total. The molecule has 0 fully saturated rings. The standard InChI is InChI=1S/C19H26N2O3S/c1-4-21(5-2)19(25)20-18(23)17(24-13(3)22)16-11-10-14-8-6-7-9-15(14)12-16/h10-12,17H,4-9H2,1-3H3,(H,20,23,25)/t17-/m1/s1. The van der Waals surface area contributed by atoms with E-state index in [4.69, 9.17) is 17.0 Å². The third-order valence-corrected chi connectivity index (χ3v) is 4.84. The minimum absolute atomic E-state index is 0.352. The Morgan fingerprint density at radius 1 is 1.20 bits per heavy atom. The first-order chi connectivity index (χ1) is 12.0. The zero-order valence-electron chi connectivity index (χ0n) is 15.1. The first-order valence-corrected chi connectivity index (χ1v) is 9.25. The molecule has 0 heterocycles.